The monoisotopic (exact) mass is 259 g/mol. The van der Waals surface area contributed by atoms with Crippen LogP contribution in [0.4, 0.5) is 4.39 Å². The maximum absolute atomic E-state index is 13.3. The molecule has 0 spiro atoms. The summed E-state index contributed by atoms with van der Waals surface area (Å²) in [6.07, 6.45) is 3.81. The van der Waals surface area contributed by atoms with Crippen molar-refractivity contribution in [3.05, 3.63) is 59.4 Å². The van der Waals surface area contributed by atoms with E-state index in [9.17, 15) is 9.18 Å². The van der Waals surface area contributed by atoms with Gasteiger partial charge in [0.25, 0.3) is 5.91 Å². The van der Waals surface area contributed by atoms with E-state index in [0.717, 1.165) is 17.7 Å². The summed E-state index contributed by atoms with van der Waals surface area (Å²) in [6, 6.07) is 6.73. The average Bonchev–Trinajstić information content (AvgIpc) is 2.45. The molecule has 0 bridgehead atoms. The lowest BCUT2D eigenvalue weighted by atomic mass is 10.1. The fourth-order valence-corrected chi connectivity index (χ4v) is 1.77. The van der Waals surface area contributed by atoms with Gasteiger partial charge < -0.3 is 5.32 Å². The van der Waals surface area contributed by atoms with Crippen molar-refractivity contribution in [2.45, 2.75) is 19.9 Å². The number of halogens is 1. The number of nitrogens with one attached hydrogen (secondary N) is 1. The molecule has 1 N–H and O–H groups in total. The van der Waals surface area contributed by atoms with Crippen LogP contribution < -0.4 is 5.32 Å². The SMILES string of the molecule is CCc1cccnc1CNC(=O)c1cccnc1F. The summed E-state index contributed by atoms with van der Waals surface area (Å²) in [5.74, 6) is -1.25. The average molecular weight is 259 g/mol. The van der Waals surface area contributed by atoms with Crippen LogP contribution in [0.3, 0.4) is 0 Å². The quantitative estimate of drug-likeness (QED) is 0.855. The molecule has 0 aliphatic heterocycles. The molecule has 19 heavy (non-hydrogen) atoms. The van der Waals surface area contributed by atoms with Gasteiger partial charge in [-0.1, -0.05) is 13.0 Å². The van der Waals surface area contributed by atoms with E-state index in [2.05, 4.69) is 15.3 Å². The van der Waals surface area contributed by atoms with Gasteiger partial charge in [0.2, 0.25) is 5.95 Å². The van der Waals surface area contributed by atoms with Crippen LogP contribution in [0.1, 0.15) is 28.5 Å². The lowest BCUT2D eigenvalue weighted by Gasteiger charge is -2.08. The summed E-state index contributed by atoms with van der Waals surface area (Å²) in [4.78, 5) is 19.5. The molecule has 0 saturated carbocycles. The molecule has 0 unspecified atom stereocenters. The molecular formula is C14H14FN3O. The normalized spacial score (nSPS) is 10.2. The predicted molar refractivity (Wildman–Crippen MR) is 69.0 cm³/mol. The van der Waals surface area contributed by atoms with Crippen molar-refractivity contribution in [3.8, 4) is 0 Å². The zero-order valence-electron chi connectivity index (χ0n) is 10.6. The van der Waals surface area contributed by atoms with Gasteiger partial charge in [-0.15, -0.1) is 0 Å². The molecule has 0 aliphatic carbocycles. The summed E-state index contributed by atoms with van der Waals surface area (Å²) >= 11 is 0. The number of nitrogens with zero attached hydrogens (tertiary/aromatic N) is 2. The lowest BCUT2D eigenvalue weighted by molar-refractivity contribution is 0.0945. The second-order valence-corrected chi connectivity index (χ2v) is 3.99. The smallest absolute Gasteiger partial charge is 0.256 e. The second-order valence-electron chi connectivity index (χ2n) is 3.99. The standard InChI is InChI=1S/C14H14FN3O/c1-2-10-5-3-7-16-12(10)9-18-14(19)11-6-4-8-17-13(11)15/h3-8H,2,9H2,1H3,(H,18,19). The van der Waals surface area contributed by atoms with Crippen molar-refractivity contribution >= 4 is 5.91 Å². The molecule has 5 heteroatoms. The van der Waals surface area contributed by atoms with Crippen molar-refractivity contribution in [2.24, 2.45) is 0 Å². The number of rotatable bonds is 4. The molecule has 4 nitrogen and oxygen atoms in total. The summed E-state index contributed by atoms with van der Waals surface area (Å²) in [7, 11) is 0. The molecule has 0 saturated heterocycles. The summed E-state index contributed by atoms with van der Waals surface area (Å²) < 4.78 is 13.3. The first-order chi connectivity index (χ1) is 9.22. The van der Waals surface area contributed by atoms with Gasteiger partial charge in [0.05, 0.1) is 17.8 Å². The van der Waals surface area contributed by atoms with E-state index in [1.807, 2.05) is 19.1 Å². The molecule has 2 aromatic rings. The highest BCUT2D eigenvalue weighted by Gasteiger charge is 2.12. The maximum atomic E-state index is 13.3. The third-order valence-corrected chi connectivity index (χ3v) is 2.79. The van der Waals surface area contributed by atoms with Gasteiger partial charge in [0.15, 0.2) is 0 Å². The Bertz CT molecular complexity index is 586. The molecular weight excluding hydrogens is 245 g/mol. The number of aryl methyl sites for hydroxylation is 1. The minimum Gasteiger partial charge on any atom is -0.346 e. The van der Waals surface area contributed by atoms with Gasteiger partial charge in [0.1, 0.15) is 0 Å². The van der Waals surface area contributed by atoms with E-state index in [4.69, 9.17) is 0 Å². The molecule has 98 valence electrons. The first-order valence-electron chi connectivity index (χ1n) is 6.04. The molecule has 2 heterocycles. The van der Waals surface area contributed by atoms with Crippen LogP contribution in [0.5, 0.6) is 0 Å². The van der Waals surface area contributed by atoms with Crippen LogP contribution >= 0.6 is 0 Å². The molecule has 2 rings (SSSR count). The van der Waals surface area contributed by atoms with E-state index in [1.54, 1.807) is 6.20 Å². The topological polar surface area (TPSA) is 54.9 Å². The van der Waals surface area contributed by atoms with Crippen LogP contribution in [0.25, 0.3) is 0 Å². The Balaban J connectivity index is 2.07. The first-order valence-corrected chi connectivity index (χ1v) is 6.04. The first kappa shape index (κ1) is 13.1. The van der Waals surface area contributed by atoms with Crippen LogP contribution in [-0.4, -0.2) is 15.9 Å². The van der Waals surface area contributed by atoms with Crippen LogP contribution in [0, 0.1) is 5.95 Å². The highest BCUT2D eigenvalue weighted by molar-refractivity contribution is 5.94. The van der Waals surface area contributed by atoms with Gasteiger partial charge >= 0.3 is 0 Å². The van der Waals surface area contributed by atoms with E-state index in [1.165, 1.54) is 18.3 Å². The fourth-order valence-electron chi connectivity index (χ4n) is 1.77. The minimum atomic E-state index is -0.767. The molecule has 2 aromatic heterocycles. The summed E-state index contributed by atoms with van der Waals surface area (Å²) in [6.45, 7) is 2.29. The predicted octanol–water partition coefficient (Wildman–Crippen LogP) is 2.11. The van der Waals surface area contributed by atoms with Crippen molar-refractivity contribution in [2.75, 3.05) is 0 Å². The Morgan fingerprint density at radius 3 is 2.74 bits per heavy atom. The number of amides is 1. The van der Waals surface area contributed by atoms with E-state index >= 15 is 0 Å². The Morgan fingerprint density at radius 1 is 1.26 bits per heavy atom. The van der Waals surface area contributed by atoms with Gasteiger partial charge in [-0.05, 0) is 30.2 Å². The van der Waals surface area contributed by atoms with E-state index in [0.29, 0.717) is 0 Å². The van der Waals surface area contributed by atoms with Crippen molar-refractivity contribution < 1.29 is 9.18 Å². The van der Waals surface area contributed by atoms with Gasteiger partial charge in [-0.3, -0.25) is 9.78 Å². The maximum Gasteiger partial charge on any atom is 0.256 e. The molecule has 1 amide bonds. The summed E-state index contributed by atoms with van der Waals surface area (Å²) in [5, 5.41) is 2.65. The Labute approximate surface area is 110 Å². The van der Waals surface area contributed by atoms with E-state index in [-0.39, 0.29) is 12.1 Å². The van der Waals surface area contributed by atoms with Crippen molar-refractivity contribution in [1.29, 1.82) is 0 Å². The molecule has 0 atom stereocenters. The Morgan fingerprint density at radius 2 is 2.00 bits per heavy atom. The lowest BCUT2D eigenvalue weighted by Crippen LogP contribution is -2.25. The number of carbonyl (C=O) groups is 1. The van der Waals surface area contributed by atoms with Crippen molar-refractivity contribution in [1.82, 2.24) is 15.3 Å². The molecule has 0 aromatic carbocycles. The van der Waals surface area contributed by atoms with Crippen LogP contribution in [-0.2, 0) is 13.0 Å². The van der Waals surface area contributed by atoms with Gasteiger partial charge in [-0.25, -0.2) is 4.98 Å². The van der Waals surface area contributed by atoms with Crippen molar-refractivity contribution in [3.63, 3.8) is 0 Å². The van der Waals surface area contributed by atoms with Crippen LogP contribution in [0.15, 0.2) is 36.7 Å². The Hall–Kier alpha value is -2.30. The zero-order chi connectivity index (χ0) is 13.7. The second kappa shape index (κ2) is 6.04. The number of hydrogen-bond acceptors (Lipinski definition) is 3. The number of aromatic nitrogens is 2. The van der Waals surface area contributed by atoms with Gasteiger partial charge in [0, 0.05) is 12.4 Å². The third-order valence-electron chi connectivity index (χ3n) is 2.79. The third kappa shape index (κ3) is 3.13. The van der Waals surface area contributed by atoms with Crippen LogP contribution in [0.2, 0.25) is 0 Å². The number of carbonyl (C=O) groups excluding carboxylic acids is 1. The Kier molecular flexibility index (Phi) is 4.18. The number of hydrogen-bond donors (Lipinski definition) is 1. The minimum absolute atomic E-state index is 0.0588. The van der Waals surface area contributed by atoms with E-state index < -0.39 is 11.9 Å². The highest BCUT2D eigenvalue weighted by Crippen LogP contribution is 2.07. The zero-order valence-corrected chi connectivity index (χ0v) is 10.6. The fraction of sp³-hybridized carbons (Fsp3) is 0.214. The highest BCUT2D eigenvalue weighted by atomic mass is 19.1. The number of pyridine rings is 2. The molecule has 0 fully saturated rings. The van der Waals surface area contributed by atoms with Gasteiger partial charge in [-0.2, -0.15) is 4.39 Å². The largest absolute Gasteiger partial charge is 0.346 e. The molecule has 0 radical (unpaired) electrons. The molecule has 0 aliphatic rings. The summed E-state index contributed by atoms with van der Waals surface area (Å²) in [5.41, 5.74) is 1.80.